The van der Waals surface area contributed by atoms with Crippen molar-refractivity contribution in [1.29, 1.82) is 0 Å². The van der Waals surface area contributed by atoms with E-state index in [1.165, 1.54) is 10.5 Å². The lowest BCUT2D eigenvalue weighted by molar-refractivity contribution is 0.257. The zero-order valence-corrected chi connectivity index (χ0v) is 19.1. The summed E-state index contributed by atoms with van der Waals surface area (Å²) in [5.74, 6) is 1.27. The number of hydrogen-bond donors (Lipinski definition) is 2. The van der Waals surface area contributed by atoms with Crippen LogP contribution in [-0.4, -0.2) is 65.8 Å². The van der Waals surface area contributed by atoms with Crippen molar-refractivity contribution in [3.05, 3.63) is 30.0 Å². The van der Waals surface area contributed by atoms with Gasteiger partial charge in [-0.3, -0.25) is 4.90 Å². The van der Waals surface area contributed by atoms with Crippen LogP contribution in [0, 0.1) is 0 Å². The molecule has 170 valence electrons. The van der Waals surface area contributed by atoms with Crippen molar-refractivity contribution in [3.8, 4) is 5.75 Å². The Balaban J connectivity index is 0.00000119. The Morgan fingerprint density at radius 2 is 1.84 bits per heavy atom. The number of carbonyl (C=O) groups excluding carboxylic acids is 1. The number of piperazine rings is 1. The first-order chi connectivity index (χ1) is 15.6. The molecule has 0 spiro atoms. The van der Waals surface area contributed by atoms with Crippen molar-refractivity contribution in [1.82, 2.24) is 25.3 Å². The molecule has 2 aliphatic heterocycles. The number of carbonyl (C=O) groups is 1. The zero-order chi connectivity index (χ0) is 22.7. The van der Waals surface area contributed by atoms with E-state index in [0.717, 1.165) is 44.0 Å². The van der Waals surface area contributed by atoms with Crippen LogP contribution in [-0.2, 0) is 13.5 Å². The van der Waals surface area contributed by atoms with E-state index in [-0.39, 0.29) is 6.03 Å². The van der Waals surface area contributed by atoms with E-state index in [1.54, 1.807) is 37.4 Å². The fourth-order valence-corrected chi connectivity index (χ4v) is 4.17. The number of nitrogens with zero attached hydrogens (tertiary/aromatic N) is 6. The van der Waals surface area contributed by atoms with Crippen molar-refractivity contribution >= 4 is 34.3 Å². The molecule has 2 aliphatic rings. The van der Waals surface area contributed by atoms with Gasteiger partial charge in [0.25, 0.3) is 0 Å². The molecule has 5 rings (SSSR count). The summed E-state index contributed by atoms with van der Waals surface area (Å²) < 4.78 is 5.46. The normalized spacial score (nSPS) is 15.2. The molecule has 2 amide bonds. The summed E-state index contributed by atoms with van der Waals surface area (Å²) in [6, 6.07) is 5.37. The van der Waals surface area contributed by atoms with Crippen molar-refractivity contribution in [2.24, 2.45) is 7.05 Å². The van der Waals surface area contributed by atoms with E-state index in [2.05, 4.69) is 36.8 Å². The standard InChI is InChI=1S/C20H24N8O2.C2H6/c1-26-24-14-11-16(18(30-2)12-15(14)25-26)23-20(29)28-8-4-13-17(3-5-22-19(13)28)27-9-6-21-7-10-27;1-2/h3,5,11-12,21H,4,6-10H2,1-2H3,(H,23,29);1-2H3. The number of ether oxygens (including phenoxy) is 1. The first-order valence-electron chi connectivity index (χ1n) is 11.0. The van der Waals surface area contributed by atoms with Crippen LogP contribution >= 0.6 is 0 Å². The summed E-state index contributed by atoms with van der Waals surface area (Å²) in [5.41, 5.74) is 4.26. The van der Waals surface area contributed by atoms with Gasteiger partial charge in [-0.15, -0.1) is 0 Å². The molecule has 2 aromatic heterocycles. The average molecular weight is 439 g/mol. The van der Waals surface area contributed by atoms with E-state index in [4.69, 9.17) is 4.74 Å². The third kappa shape index (κ3) is 4.05. The van der Waals surface area contributed by atoms with Crippen LogP contribution in [0.25, 0.3) is 11.0 Å². The van der Waals surface area contributed by atoms with Gasteiger partial charge in [-0.25, -0.2) is 9.78 Å². The number of nitrogens with one attached hydrogen (secondary N) is 2. The van der Waals surface area contributed by atoms with Crippen molar-refractivity contribution in [3.63, 3.8) is 0 Å². The lowest BCUT2D eigenvalue weighted by Gasteiger charge is -2.31. The maximum absolute atomic E-state index is 13.1. The first-order valence-corrected chi connectivity index (χ1v) is 11.0. The molecular formula is C22H30N8O2. The molecule has 32 heavy (non-hydrogen) atoms. The Kier molecular flexibility index (Phi) is 6.40. The molecular weight excluding hydrogens is 408 g/mol. The number of anilines is 3. The number of amides is 2. The molecule has 10 nitrogen and oxygen atoms in total. The molecule has 0 aliphatic carbocycles. The number of urea groups is 1. The highest BCUT2D eigenvalue weighted by Crippen LogP contribution is 2.35. The average Bonchev–Trinajstić information content (AvgIpc) is 3.42. The Morgan fingerprint density at radius 3 is 2.56 bits per heavy atom. The second-order valence-electron chi connectivity index (χ2n) is 7.43. The summed E-state index contributed by atoms with van der Waals surface area (Å²) in [7, 11) is 3.33. The van der Waals surface area contributed by atoms with Crippen LogP contribution in [0.4, 0.5) is 22.0 Å². The molecule has 0 bridgehead atoms. The summed E-state index contributed by atoms with van der Waals surface area (Å²) in [4.78, 5) is 23.2. The monoisotopic (exact) mass is 438 g/mol. The van der Waals surface area contributed by atoms with E-state index in [1.807, 2.05) is 13.8 Å². The quantitative estimate of drug-likeness (QED) is 0.648. The van der Waals surface area contributed by atoms with Gasteiger partial charge >= 0.3 is 6.03 Å². The topological polar surface area (TPSA) is 100 Å². The number of benzene rings is 1. The SMILES string of the molecule is CC.COc1cc2nn(C)nc2cc1NC(=O)N1CCc2c(N3CCNCC3)ccnc21. The maximum Gasteiger partial charge on any atom is 0.327 e. The Bertz CT molecular complexity index is 1110. The maximum atomic E-state index is 13.1. The van der Waals surface area contributed by atoms with Crippen LogP contribution in [0.15, 0.2) is 24.4 Å². The van der Waals surface area contributed by atoms with Crippen molar-refractivity contribution < 1.29 is 9.53 Å². The van der Waals surface area contributed by atoms with E-state index >= 15 is 0 Å². The lowest BCUT2D eigenvalue weighted by atomic mass is 10.1. The fourth-order valence-electron chi connectivity index (χ4n) is 4.17. The van der Waals surface area contributed by atoms with Crippen molar-refractivity contribution in [2.75, 3.05) is 55.0 Å². The summed E-state index contributed by atoms with van der Waals surface area (Å²) in [6.07, 6.45) is 2.57. The highest BCUT2D eigenvalue weighted by atomic mass is 16.5. The van der Waals surface area contributed by atoms with E-state index in [0.29, 0.717) is 29.0 Å². The molecule has 0 saturated carbocycles. The molecule has 10 heteroatoms. The molecule has 4 heterocycles. The minimum atomic E-state index is -0.236. The second kappa shape index (κ2) is 9.39. The Hall–Kier alpha value is -3.40. The lowest BCUT2D eigenvalue weighted by Crippen LogP contribution is -2.43. The number of pyridine rings is 1. The van der Waals surface area contributed by atoms with Gasteiger partial charge in [-0.1, -0.05) is 13.8 Å². The highest BCUT2D eigenvalue weighted by Gasteiger charge is 2.30. The second-order valence-corrected chi connectivity index (χ2v) is 7.43. The number of aromatic nitrogens is 4. The van der Waals surface area contributed by atoms with Gasteiger partial charge in [-0.2, -0.15) is 15.0 Å². The van der Waals surface area contributed by atoms with Gasteiger partial charge in [0.05, 0.1) is 12.8 Å². The molecule has 1 fully saturated rings. The predicted octanol–water partition coefficient (Wildman–Crippen LogP) is 2.40. The van der Waals surface area contributed by atoms with Gasteiger partial charge in [0.2, 0.25) is 0 Å². The highest BCUT2D eigenvalue weighted by molar-refractivity contribution is 6.04. The van der Waals surface area contributed by atoms with Crippen LogP contribution in [0.5, 0.6) is 5.75 Å². The van der Waals surface area contributed by atoms with E-state index in [9.17, 15) is 4.79 Å². The molecule has 2 N–H and O–H groups in total. The molecule has 3 aromatic rings. The van der Waals surface area contributed by atoms with Crippen LogP contribution in [0.2, 0.25) is 0 Å². The van der Waals surface area contributed by atoms with Crippen LogP contribution in [0.1, 0.15) is 19.4 Å². The minimum absolute atomic E-state index is 0.236. The summed E-state index contributed by atoms with van der Waals surface area (Å²) in [6.45, 7) is 8.43. The van der Waals surface area contributed by atoms with Crippen molar-refractivity contribution in [2.45, 2.75) is 20.3 Å². The van der Waals surface area contributed by atoms with Gasteiger partial charge in [-0.05, 0) is 18.6 Å². The van der Waals surface area contributed by atoms with Gasteiger partial charge in [0, 0.05) is 63.3 Å². The predicted molar refractivity (Wildman–Crippen MR) is 126 cm³/mol. The number of aryl methyl sites for hydroxylation is 1. The summed E-state index contributed by atoms with van der Waals surface area (Å²) in [5, 5.41) is 14.9. The smallest absolute Gasteiger partial charge is 0.327 e. The Labute approximate surface area is 187 Å². The molecule has 0 atom stereocenters. The third-order valence-electron chi connectivity index (χ3n) is 5.60. The zero-order valence-electron chi connectivity index (χ0n) is 19.1. The Morgan fingerprint density at radius 1 is 1.12 bits per heavy atom. The minimum Gasteiger partial charge on any atom is -0.494 e. The van der Waals surface area contributed by atoms with Crippen LogP contribution < -0.4 is 25.2 Å². The third-order valence-corrected chi connectivity index (χ3v) is 5.60. The van der Waals surface area contributed by atoms with Crippen LogP contribution in [0.3, 0.4) is 0 Å². The fraction of sp³-hybridized carbons (Fsp3) is 0.455. The molecule has 1 saturated heterocycles. The van der Waals surface area contributed by atoms with E-state index < -0.39 is 0 Å². The number of fused-ring (bicyclic) bond motifs is 2. The van der Waals surface area contributed by atoms with Gasteiger partial charge in [0.15, 0.2) is 0 Å². The van der Waals surface area contributed by atoms with Gasteiger partial charge in [0.1, 0.15) is 22.6 Å². The first kappa shape index (κ1) is 21.8. The number of methoxy groups -OCH3 is 1. The molecule has 1 aromatic carbocycles. The summed E-state index contributed by atoms with van der Waals surface area (Å²) >= 11 is 0. The molecule has 0 radical (unpaired) electrons. The number of rotatable bonds is 3. The molecule has 0 unspecified atom stereocenters. The number of hydrogen-bond acceptors (Lipinski definition) is 7. The largest absolute Gasteiger partial charge is 0.494 e. The van der Waals surface area contributed by atoms with Gasteiger partial charge < -0.3 is 20.3 Å².